The van der Waals surface area contributed by atoms with Crippen LogP contribution in [0.2, 0.25) is 0 Å². The predicted molar refractivity (Wildman–Crippen MR) is 105 cm³/mol. The number of rotatable bonds is 10. The van der Waals surface area contributed by atoms with Crippen LogP contribution >= 0.6 is 0 Å². The molecule has 2 heteroatoms. The topological polar surface area (TPSA) is 40.5 Å². The van der Waals surface area contributed by atoms with Crippen LogP contribution in [-0.2, 0) is 19.3 Å². The molecule has 2 aromatic rings. The van der Waals surface area contributed by atoms with Crippen LogP contribution in [0, 0.1) is 0 Å². The molecule has 0 aliphatic rings. The summed E-state index contributed by atoms with van der Waals surface area (Å²) in [6.45, 7) is 4.38. The van der Waals surface area contributed by atoms with Crippen molar-refractivity contribution in [3.8, 4) is 0 Å². The molecule has 0 aliphatic heterocycles. The molecule has 136 valence electrons. The molecule has 2 unspecified atom stereocenters. The number of benzene rings is 2. The molecule has 2 rings (SSSR count). The van der Waals surface area contributed by atoms with Gasteiger partial charge >= 0.3 is 0 Å². The fraction of sp³-hybridized carbons (Fsp3) is 0.478. The summed E-state index contributed by atoms with van der Waals surface area (Å²) in [5.74, 6) is 0. The molecule has 0 saturated heterocycles. The summed E-state index contributed by atoms with van der Waals surface area (Å²) in [5.41, 5.74) is 4.47. The van der Waals surface area contributed by atoms with E-state index < -0.39 is 12.2 Å². The first-order valence-electron chi connectivity index (χ1n) is 9.66. The monoisotopic (exact) mass is 340 g/mol. The van der Waals surface area contributed by atoms with Crippen LogP contribution in [0.15, 0.2) is 48.5 Å². The van der Waals surface area contributed by atoms with Crippen molar-refractivity contribution in [1.29, 1.82) is 0 Å². The van der Waals surface area contributed by atoms with Crippen LogP contribution < -0.4 is 0 Å². The Morgan fingerprint density at radius 3 is 1.60 bits per heavy atom. The van der Waals surface area contributed by atoms with Crippen LogP contribution in [0.25, 0.3) is 0 Å². The van der Waals surface area contributed by atoms with E-state index in [4.69, 9.17) is 0 Å². The molecule has 0 spiro atoms. The minimum absolute atomic E-state index is 0.465. The summed E-state index contributed by atoms with van der Waals surface area (Å²) in [4.78, 5) is 0. The highest BCUT2D eigenvalue weighted by molar-refractivity contribution is 5.27. The van der Waals surface area contributed by atoms with E-state index in [2.05, 4.69) is 50.2 Å². The molecule has 2 nitrogen and oxygen atoms in total. The molecule has 0 bridgehead atoms. The molecular formula is C23H32O2. The fourth-order valence-electron chi connectivity index (χ4n) is 3.06. The van der Waals surface area contributed by atoms with Crippen LogP contribution in [0.3, 0.4) is 0 Å². The van der Waals surface area contributed by atoms with Crippen molar-refractivity contribution < 1.29 is 10.2 Å². The Bertz CT molecular complexity index is 601. The molecule has 0 aliphatic carbocycles. The lowest BCUT2D eigenvalue weighted by Crippen LogP contribution is -2.20. The Morgan fingerprint density at radius 1 is 0.680 bits per heavy atom. The van der Waals surface area contributed by atoms with Gasteiger partial charge in [-0.15, -0.1) is 0 Å². The van der Waals surface area contributed by atoms with Crippen molar-refractivity contribution in [3.05, 3.63) is 70.8 Å². The maximum Gasteiger partial charge on any atom is 0.105 e. The Morgan fingerprint density at radius 2 is 1.12 bits per heavy atom. The Hall–Kier alpha value is -1.64. The number of aliphatic hydroxyl groups excluding tert-OH is 2. The summed E-state index contributed by atoms with van der Waals surface area (Å²) in [5, 5.41) is 20.8. The Labute approximate surface area is 152 Å². The Balaban J connectivity index is 1.91. The van der Waals surface area contributed by atoms with E-state index in [1.807, 2.05) is 12.1 Å². The third-order valence-corrected chi connectivity index (χ3v) is 4.79. The average molecular weight is 341 g/mol. The third kappa shape index (κ3) is 6.30. The second kappa shape index (κ2) is 10.4. The van der Waals surface area contributed by atoms with E-state index in [-0.39, 0.29) is 0 Å². The second-order valence-corrected chi connectivity index (χ2v) is 6.98. The second-order valence-electron chi connectivity index (χ2n) is 6.98. The highest BCUT2D eigenvalue weighted by atomic mass is 16.3. The number of aliphatic hydroxyl groups is 2. The molecule has 2 aromatic carbocycles. The van der Waals surface area contributed by atoms with E-state index in [0.29, 0.717) is 6.42 Å². The lowest BCUT2D eigenvalue weighted by molar-refractivity contribution is 0.0189. The molecule has 0 saturated carbocycles. The number of aryl methyl sites for hydroxylation is 2. The molecule has 25 heavy (non-hydrogen) atoms. The van der Waals surface area contributed by atoms with E-state index in [1.165, 1.54) is 36.8 Å². The molecule has 0 radical (unpaired) electrons. The van der Waals surface area contributed by atoms with Gasteiger partial charge in [0, 0.05) is 6.42 Å². The van der Waals surface area contributed by atoms with Crippen molar-refractivity contribution in [2.45, 2.75) is 71.0 Å². The average Bonchev–Trinajstić information content (AvgIpc) is 2.65. The molecule has 0 amide bonds. The zero-order chi connectivity index (χ0) is 18.1. The maximum atomic E-state index is 10.4. The van der Waals surface area contributed by atoms with E-state index in [0.717, 1.165) is 24.0 Å². The van der Waals surface area contributed by atoms with Gasteiger partial charge in [-0.25, -0.2) is 0 Å². The molecule has 0 fully saturated rings. The van der Waals surface area contributed by atoms with Gasteiger partial charge in [0.15, 0.2) is 0 Å². The smallest absolute Gasteiger partial charge is 0.105 e. The van der Waals surface area contributed by atoms with Gasteiger partial charge in [0.05, 0.1) is 6.10 Å². The number of hydrogen-bond acceptors (Lipinski definition) is 2. The van der Waals surface area contributed by atoms with Gasteiger partial charge in [0.1, 0.15) is 6.10 Å². The van der Waals surface area contributed by atoms with Gasteiger partial charge in [0.25, 0.3) is 0 Å². The minimum atomic E-state index is -0.847. The van der Waals surface area contributed by atoms with Crippen LogP contribution in [0.5, 0.6) is 0 Å². The van der Waals surface area contributed by atoms with Gasteiger partial charge in [0.2, 0.25) is 0 Å². The number of unbranched alkanes of at least 4 members (excludes halogenated alkanes) is 2. The molecule has 0 heterocycles. The van der Waals surface area contributed by atoms with Gasteiger partial charge in [-0.1, -0.05) is 75.2 Å². The summed E-state index contributed by atoms with van der Waals surface area (Å²) >= 11 is 0. The lowest BCUT2D eigenvalue weighted by Gasteiger charge is -2.19. The molecule has 2 N–H and O–H groups in total. The van der Waals surface area contributed by atoms with Crippen LogP contribution in [-0.4, -0.2) is 16.3 Å². The predicted octanol–water partition coefficient (Wildman–Crippen LogP) is 5.01. The summed E-state index contributed by atoms with van der Waals surface area (Å²) in [6.07, 6.45) is 5.76. The highest BCUT2D eigenvalue weighted by Gasteiger charge is 2.18. The van der Waals surface area contributed by atoms with Crippen molar-refractivity contribution in [1.82, 2.24) is 0 Å². The van der Waals surface area contributed by atoms with Crippen LogP contribution in [0.4, 0.5) is 0 Å². The van der Waals surface area contributed by atoms with E-state index >= 15 is 0 Å². The Kier molecular flexibility index (Phi) is 8.17. The van der Waals surface area contributed by atoms with Gasteiger partial charge in [-0.2, -0.15) is 0 Å². The van der Waals surface area contributed by atoms with Crippen molar-refractivity contribution in [3.63, 3.8) is 0 Å². The largest absolute Gasteiger partial charge is 0.390 e. The first-order valence-corrected chi connectivity index (χ1v) is 9.66. The van der Waals surface area contributed by atoms with Crippen molar-refractivity contribution >= 4 is 0 Å². The first kappa shape index (κ1) is 19.7. The zero-order valence-corrected chi connectivity index (χ0v) is 15.6. The lowest BCUT2D eigenvalue weighted by atomic mass is 9.96. The van der Waals surface area contributed by atoms with E-state index in [1.54, 1.807) is 0 Å². The third-order valence-electron chi connectivity index (χ3n) is 4.79. The zero-order valence-electron chi connectivity index (χ0n) is 15.6. The van der Waals surface area contributed by atoms with Crippen LogP contribution in [0.1, 0.15) is 67.9 Å². The standard InChI is InChI=1S/C23H32O2/c1-3-5-7-18-9-11-20(12-10-18)17-22(24)23(25)21-15-13-19(14-16-21)8-6-4-2/h9-16,22-25H,3-8,17H2,1-2H3. The van der Waals surface area contributed by atoms with Gasteiger partial charge in [-0.3, -0.25) is 0 Å². The van der Waals surface area contributed by atoms with Gasteiger partial charge < -0.3 is 10.2 Å². The SMILES string of the molecule is CCCCc1ccc(CC(O)C(O)c2ccc(CCCC)cc2)cc1. The molecular weight excluding hydrogens is 308 g/mol. The summed E-state index contributed by atoms with van der Waals surface area (Å²) in [7, 11) is 0. The molecule has 2 atom stereocenters. The number of hydrogen-bond donors (Lipinski definition) is 2. The fourth-order valence-corrected chi connectivity index (χ4v) is 3.06. The first-order chi connectivity index (χ1) is 12.1. The van der Waals surface area contributed by atoms with Crippen molar-refractivity contribution in [2.24, 2.45) is 0 Å². The molecule has 0 aromatic heterocycles. The van der Waals surface area contributed by atoms with Crippen molar-refractivity contribution in [2.75, 3.05) is 0 Å². The normalized spacial score (nSPS) is 13.6. The minimum Gasteiger partial charge on any atom is -0.390 e. The summed E-state index contributed by atoms with van der Waals surface area (Å²) in [6, 6.07) is 16.4. The van der Waals surface area contributed by atoms with Gasteiger partial charge in [-0.05, 0) is 47.9 Å². The van der Waals surface area contributed by atoms with E-state index in [9.17, 15) is 10.2 Å². The summed E-state index contributed by atoms with van der Waals surface area (Å²) < 4.78 is 0. The highest BCUT2D eigenvalue weighted by Crippen LogP contribution is 2.21. The maximum absolute atomic E-state index is 10.4. The quantitative estimate of drug-likeness (QED) is 0.638.